The molecule has 0 fully saturated rings. The minimum Gasteiger partial charge on any atom is -0.506 e. The highest BCUT2D eigenvalue weighted by atomic mass is 35.5. The molecule has 2 aromatic carbocycles. The van der Waals surface area contributed by atoms with Gasteiger partial charge in [0.05, 0.1) is 22.2 Å². The maximum Gasteiger partial charge on any atom is 0.257 e. The average Bonchev–Trinajstić information content (AvgIpc) is 2.79. The predicted molar refractivity (Wildman–Crippen MR) is 141 cm³/mol. The van der Waals surface area contributed by atoms with E-state index in [2.05, 4.69) is 17.0 Å². The lowest BCUT2D eigenvalue weighted by Crippen LogP contribution is -2.26. The normalized spacial score (nSPS) is 12.4. The fourth-order valence-electron chi connectivity index (χ4n) is 3.70. The number of carbonyl (C=O) groups is 1. The van der Waals surface area contributed by atoms with Crippen molar-refractivity contribution in [1.29, 1.82) is 0 Å². The number of hydrogen-bond acceptors (Lipinski definition) is 4. The molecule has 1 atom stereocenters. The second-order valence-corrected chi connectivity index (χ2v) is 11.3. The number of nitrogens with one attached hydrogen (secondary N) is 2. The summed E-state index contributed by atoms with van der Waals surface area (Å²) in [6, 6.07) is 9.32. The number of anilines is 2. The molecule has 0 heterocycles. The van der Waals surface area contributed by atoms with Crippen LogP contribution in [0, 0.1) is 6.92 Å². The number of unbranched alkanes of at least 4 members (excludes halogenated alkanes) is 7. The van der Waals surface area contributed by atoms with E-state index in [0.717, 1.165) is 19.3 Å². The van der Waals surface area contributed by atoms with Gasteiger partial charge in [-0.1, -0.05) is 82.0 Å². The van der Waals surface area contributed by atoms with Gasteiger partial charge in [0, 0.05) is 5.02 Å². The number of carbonyl (C=O) groups excluding carboxylic acids is 1. The van der Waals surface area contributed by atoms with Crippen LogP contribution in [0.15, 0.2) is 36.4 Å². The van der Waals surface area contributed by atoms with Crippen molar-refractivity contribution < 1.29 is 18.3 Å². The molecule has 1 unspecified atom stereocenters. The fraction of sp³-hybridized carbons (Fsp3) is 0.500. The van der Waals surface area contributed by atoms with Crippen LogP contribution in [-0.2, 0) is 10.0 Å². The third-order valence-corrected chi connectivity index (χ3v) is 8.15. The van der Waals surface area contributed by atoms with Gasteiger partial charge >= 0.3 is 0 Å². The second-order valence-electron chi connectivity index (χ2n) is 8.84. The van der Waals surface area contributed by atoms with Gasteiger partial charge in [0.2, 0.25) is 10.0 Å². The molecule has 8 heteroatoms. The van der Waals surface area contributed by atoms with Crippen molar-refractivity contribution in [1.82, 2.24) is 0 Å². The SMILES string of the molecule is CCCCCCCCCCC(C)S(=O)(=O)Nc1ccccc1C(=O)Nc1cc(Cl)c(C)cc1O. The van der Waals surface area contributed by atoms with Crippen LogP contribution in [0.5, 0.6) is 5.75 Å². The number of phenolic OH excluding ortho intramolecular Hbond substituents is 1. The Balaban J connectivity index is 1.97. The van der Waals surface area contributed by atoms with E-state index < -0.39 is 21.2 Å². The molecule has 188 valence electrons. The Morgan fingerprint density at radius 2 is 1.62 bits per heavy atom. The van der Waals surface area contributed by atoms with E-state index in [4.69, 9.17) is 11.6 Å². The Morgan fingerprint density at radius 3 is 2.29 bits per heavy atom. The van der Waals surface area contributed by atoms with E-state index in [0.29, 0.717) is 17.0 Å². The summed E-state index contributed by atoms with van der Waals surface area (Å²) < 4.78 is 28.4. The van der Waals surface area contributed by atoms with E-state index in [1.165, 1.54) is 50.3 Å². The molecule has 3 N–H and O–H groups in total. The number of benzene rings is 2. The molecule has 2 rings (SSSR count). The van der Waals surface area contributed by atoms with E-state index in [9.17, 15) is 18.3 Å². The molecule has 1 amide bonds. The van der Waals surface area contributed by atoms with E-state index in [-0.39, 0.29) is 22.7 Å². The molecule has 0 aromatic heterocycles. The molecule has 0 radical (unpaired) electrons. The topological polar surface area (TPSA) is 95.5 Å². The second kappa shape index (κ2) is 13.6. The molecule has 0 aliphatic heterocycles. The lowest BCUT2D eigenvalue weighted by atomic mass is 10.1. The third-order valence-electron chi connectivity index (χ3n) is 5.94. The minimum atomic E-state index is -3.67. The van der Waals surface area contributed by atoms with Gasteiger partial charge in [-0.2, -0.15) is 0 Å². The van der Waals surface area contributed by atoms with Crippen molar-refractivity contribution in [3.63, 3.8) is 0 Å². The number of para-hydroxylation sites is 1. The van der Waals surface area contributed by atoms with Crippen molar-refractivity contribution in [3.05, 3.63) is 52.5 Å². The largest absolute Gasteiger partial charge is 0.506 e. The summed E-state index contributed by atoms with van der Waals surface area (Å²) in [5, 5.41) is 12.6. The van der Waals surface area contributed by atoms with Gasteiger partial charge in [-0.05, 0) is 50.1 Å². The van der Waals surface area contributed by atoms with Crippen LogP contribution in [0.1, 0.15) is 87.6 Å². The quantitative estimate of drug-likeness (QED) is 0.185. The molecular weight excluding hydrogens is 472 g/mol. The van der Waals surface area contributed by atoms with Gasteiger partial charge in [-0.15, -0.1) is 0 Å². The van der Waals surface area contributed by atoms with Gasteiger partial charge in [-0.3, -0.25) is 9.52 Å². The Morgan fingerprint density at radius 1 is 1.00 bits per heavy atom. The van der Waals surface area contributed by atoms with E-state index in [1.807, 2.05) is 0 Å². The smallest absolute Gasteiger partial charge is 0.257 e. The van der Waals surface area contributed by atoms with Gasteiger partial charge < -0.3 is 10.4 Å². The third kappa shape index (κ3) is 8.51. The zero-order valence-electron chi connectivity index (χ0n) is 20.4. The number of aromatic hydroxyl groups is 1. The minimum absolute atomic E-state index is 0.118. The number of phenols is 1. The highest BCUT2D eigenvalue weighted by molar-refractivity contribution is 7.93. The number of sulfonamides is 1. The van der Waals surface area contributed by atoms with Crippen molar-refractivity contribution >= 4 is 38.9 Å². The van der Waals surface area contributed by atoms with Crippen molar-refractivity contribution in [2.75, 3.05) is 10.0 Å². The van der Waals surface area contributed by atoms with Crippen LogP contribution in [0.3, 0.4) is 0 Å². The first-order valence-corrected chi connectivity index (χ1v) is 14.0. The molecule has 0 bridgehead atoms. The maximum absolute atomic E-state index is 12.9. The van der Waals surface area contributed by atoms with Gasteiger partial charge in [0.25, 0.3) is 5.91 Å². The Hall–Kier alpha value is -2.25. The average molecular weight is 509 g/mol. The number of hydrogen-bond donors (Lipinski definition) is 3. The first-order valence-electron chi connectivity index (χ1n) is 12.1. The van der Waals surface area contributed by atoms with Gasteiger partial charge in [0.1, 0.15) is 5.75 Å². The Kier molecular flexibility index (Phi) is 11.2. The Labute approximate surface area is 209 Å². The molecule has 6 nitrogen and oxygen atoms in total. The number of amides is 1. The molecule has 34 heavy (non-hydrogen) atoms. The summed E-state index contributed by atoms with van der Waals surface area (Å²) in [5.74, 6) is -0.670. The highest BCUT2D eigenvalue weighted by Gasteiger charge is 2.23. The zero-order chi connectivity index (χ0) is 25.1. The van der Waals surface area contributed by atoms with E-state index >= 15 is 0 Å². The van der Waals surface area contributed by atoms with Crippen LogP contribution < -0.4 is 10.0 Å². The van der Waals surface area contributed by atoms with Crippen molar-refractivity contribution in [2.45, 2.75) is 83.8 Å². The summed E-state index contributed by atoms with van der Waals surface area (Å²) in [6.45, 7) is 5.64. The van der Waals surface area contributed by atoms with E-state index in [1.54, 1.807) is 32.0 Å². The summed E-state index contributed by atoms with van der Waals surface area (Å²) in [5.41, 5.74) is 1.18. The fourth-order valence-corrected chi connectivity index (χ4v) is 5.03. The van der Waals surface area contributed by atoms with Crippen LogP contribution >= 0.6 is 11.6 Å². The Bertz CT molecular complexity index is 1060. The lowest BCUT2D eigenvalue weighted by Gasteiger charge is -2.17. The first kappa shape index (κ1) is 28.0. The number of aryl methyl sites for hydroxylation is 1. The van der Waals surface area contributed by atoms with Crippen molar-refractivity contribution in [3.8, 4) is 5.75 Å². The number of rotatable bonds is 14. The molecule has 0 saturated heterocycles. The molecule has 0 spiro atoms. The lowest BCUT2D eigenvalue weighted by molar-refractivity contribution is 0.102. The molecule has 2 aromatic rings. The number of halogens is 1. The molecule has 0 aliphatic rings. The standard InChI is InChI=1S/C26H37ClN2O4S/c1-4-5-6-7-8-9-10-11-14-20(3)34(32,33)29-23-16-13-12-15-21(23)26(31)28-24-18-22(27)19(2)17-25(24)30/h12-13,15-18,20,29-30H,4-11,14H2,1-3H3,(H,28,31). The van der Waals surface area contributed by atoms with Crippen LogP contribution in [0.4, 0.5) is 11.4 Å². The summed E-state index contributed by atoms with van der Waals surface area (Å²) in [6.07, 6.45) is 9.79. The van der Waals surface area contributed by atoms with Crippen LogP contribution in [0.25, 0.3) is 0 Å². The molecule has 0 saturated carbocycles. The monoisotopic (exact) mass is 508 g/mol. The van der Waals surface area contributed by atoms with Crippen LogP contribution in [-0.4, -0.2) is 24.7 Å². The van der Waals surface area contributed by atoms with Gasteiger partial charge in [0.15, 0.2) is 0 Å². The molecule has 0 aliphatic carbocycles. The van der Waals surface area contributed by atoms with Gasteiger partial charge in [-0.25, -0.2) is 8.42 Å². The summed E-state index contributed by atoms with van der Waals surface area (Å²) in [4.78, 5) is 12.9. The summed E-state index contributed by atoms with van der Waals surface area (Å²) in [7, 11) is -3.67. The zero-order valence-corrected chi connectivity index (χ0v) is 21.9. The van der Waals surface area contributed by atoms with Crippen molar-refractivity contribution in [2.24, 2.45) is 0 Å². The highest BCUT2D eigenvalue weighted by Crippen LogP contribution is 2.31. The predicted octanol–water partition coefficient (Wildman–Crippen LogP) is 7.27. The first-order chi connectivity index (χ1) is 16.2. The summed E-state index contributed by atoms with van der Waals surface area (Å²) >= 11 is 6.10. The van der Waals surface area contributed by atoms with Crippen LogP contribution in [0.2, 0.25) is 5.02 Å². The maximum atomic E-state index is 12.9. The molecular formula is C26H37ClN2O4S.